The van der Waals surface area contributed by atoms with E-state index in [2.05, 4.69) is 0 Å². The molecule has 0 aliphatic rings. The zero-order chi connectivity index (χ0) is 18.8. The number of carbonyl (C=O) groups excluding carboxylic acids is 2. The molecule has 0 amide bonds. The number of hydrogen-bond donors (Lipinski definition) is 0. The van der Waals surface area contributed by atoms with Crippen LogP contribution in [0.1, 0.15) is 22.8 Å². The van der Waals surface area contributed by atoms with Crippen LogP contribution in [0.5, 0.6) is 5.75 Å². The Hall–Kier alpha value is -3.41. The van der Waals surface area contributed by atoms with E-state index in [1.165, 1.54) is 6.92 Å². The molecule has 0 saturated carbocycles. The van der Waals surface area contributed by atoms with Gasteiger partial charge in [0.05, 0.1) is 5.39 Å². The molecule has 2 aromatic carbocycles. The second-order valence-electron chi connectivity index (χ2n) is 5.96. The molecule has 0 N–H and O–H groups in total. The Morgan fingerprint density at radius 2 is 1.73 bits per heavy atom. The van der Waals surface area contributed by atoms with Gasteiger partial charge in [-0.1, -0.05) is 30.3 Å². The van der Waals surface area contributed by atoms with Crippen molar-refractivity contribution < 1.29 is 18.7 Å². The van der Waals surface area contributed by atoms with Crippen LogP contribution in [0.3, 0.4) is 0 Å². The van der Waals surface area contributed by atoms with Crippen molar-refractivity contribution in [3.05, 3.63) is 70.1 Å². The summed E-state index contributed by atoms with van der Waals surface area (Å²) in [7, 11) is 3.69. The molecular weight excluding hydrogens is 334 g/mol. The van der Waals surface area contributed by atoms with Gasteiger partial charge in [-0.25, -0.2) is 4.79 Å². The highest BCUT2D eigenvalue weighted by Crippen LogP contribution is 2.31. The van der Waals surface area contributed by atoms with E-state index in [0.717, 1.165) is 5.69 Å². The summed E-state index contributed by atoms with van der Waals surface area (Å²) in [5.41, 5.74) is 0.200. The fourth-order valence-corrected chi connectivity index (χ4v) is 2.62. The molecule has 0 radical (unpaired) electrons. The number of rotatable bonds is 4. The van der Waals surface area contributed by atoms with E-state index in [1.807, 2.05) is 19.0 Å². The molecule has 0 fully saturated rings. The van der Waals surface area contributed by atoms with Gasteiger partial charge >= 0.3 is 11.6 Å². The van der Waals surface area contributed by atoms with E-state index in [4.69, 9.17) is 9.15 Å². The van der Waals surface area contributed by atoms with Crippen molar-refractivity contribution in [2.24, 2.45) is 0 Å². The van der Waals surface area contributed by atoms with Crippen molar-refractivity contribution in [1.82, 2.24) is 0 Å². The highest BCUT2D eigenvalue weighted by Gasteiger charge is 2.25. The standard InChI is InChI=1S/C20H17NO5/c1-12(22)25-19-15-10-9-14(21(2)3)11-16(15)26-20(24)17(19)18(23)13-7-5-4-6-8-13/h4-11H,1-3H3. The minimum Gasteiger partial charge on any atom is -0.425 e. The van der Waals surface area contributed by atoms with Gasteiger partial charge in [0.2, 0.25) is 5.78 Å². The number of hydrogen-bond acceptors (Lipinski definition) is 6. The third-order valence-electron chi connectivity index (χ3n) is 3.87. The first-order valence-corrected chi connectivity index (χ1v) is 7.95. The second-order valence-corrected chi connectivity index (χ2v) is 5.96. The van der Waals surface area contributed by atoms with Gasteiger partial charge in [-0.15, -0.1) is 0 Å². The summed E-state index contributed by atoms with van der Waals surface area (Å²) < 4.78 is 10.6. The lowest BCUT2D eigenvalue weighted by Gasteiger charge is -2.14. The summed E-state index contributed by atoms with van der Waals surface area (Å²) in [4.78, 5) is 38.8. The number of ether oxygens (including phenoxy) is 1. The highest BCUT2D eigenvalue weighted by atomic mass is 16.5. The first-order valence-electron chi connectivity index (χ1n) is 7.95. The summed E-state index contributed by atoms with van der Waals surface area (Å²) >= 11 is 0. The maximum atomic E-state index is 12.8. The van der Waals surface area contributed by atoms with E-state index in [0.29, 0.717) is 10.9 Å². The number of nitrogens with zero attached hydrogens (tertiary/aromatic N) is 1. The average molecular weight is 351 g/mol. The van der Waals surface area contributed by atoms with E-state index in [9.17, 15) is 14.4 Å². The number of fused-ring (bicyclic) bond motifs is 1. The van der Waals surface area contributed by atoms with Gasteiger partial charge in [0.25, 0.3) is 0 Å². The van der Waals surface area contributed by atoms with E-state index >= 15 is 0 Å². The van der Waals surface area contributed by atoms with Crippen molar-refractivity contribution in [1.29, 1.82) is 0 Å². The number of carbonyl (C=O) groups is 2. The summed E-state index contributed by atoms with van der Waals surface area (Å²) in [6.07, 6.45) is 0. The maximum absolute atomic E-state index is 12.8. The number of anilines is 1. The van der Waals surface area contributed by atoms with Crippen LogP contribution >= 0.6 is 0 Å². The molecule has 0 spiro atoms. The Morgan fingerprint density at radius 1 is 1.04 bits per heavy atom. The average Bonchev–Trinajstić information content (AvgIpc) is 2.61. The zero-order valence-electron chi connectivity index (χ0n) is 14.6. The van der Waals surface area contributed by atoms with Crippen LogP contribution in [-0.2, 0) is 4.79 Å². The van der Waals surface area contributed by atoms with Gasteiger partial charge in [-0.05, 0) is 12.1 Å². The molecule has 6 heteroatoms. The number of ketones is 1. The SMILES string of the molecule is CC(=O)Oc1c(C(=O)c2ccccc2)c(=O)oc2cc(N(C)C)ccc12. The minimum atomic E-state index is -0.849. The molecule has 132 valence electrons. The minimum absolute atomic E-state index is 0.0806. The molecule has 0 unspecified atom stereocenters. The summed E-state index contributed by atoms with van der Waals surface area (Å²) in [5.74, 6) is -1.27. The number of esters is 1. The molecular formula is C20H17NO5. The van der Waals surface area contributed by atoms with Gasteiger partial charge < -0.3 is 14.1 Å². The first kappa shape index (κ1) is 17.4. The Morgan fingerprint density at radius 3 is 2.35 bits per heavy atom. The molecule has 1 heterocycles. The summed E-state index contributed by atoms with van der Waals surface area (Å²) in [6.45, 7) is 1.21. The third kappa shape index (κ3) is 3.21. The molecule has 0 saturated heterocycles. The predicted octanol–water partition coefficient (Wildman–Crippen LogP) is 3.02. The highest BCUT2D eigenvalue weighted by molar-refractivity contribution is 6.13. The Labute approximate surface area is 149 Å². The van der Waals surface area contributed by atoms with Crippen LogP contribution in [0.4, 0.5) is 5.69 Å². The molecule has 6 nitrogen and oxygen atoms in total. The lowest BCUT2D eigenvalue weighted by atomic mass is 10.0. The predicted molar refractivity (Wildman–Crippen MR) is 98.0 cm³/mol. The van der Waals surface area contributed by atoms with Gasteiger partial charge in [-0.2, -0.15) is 0 Å². The lowest BCUT2D eigenvalue weighted by Crippen LogP contribution is -2.19. The third-order valence-corrected chi connectivity index (χ3v) is 3.87. The second kappa shape index (κ2) is 6.84. The fourth-order valence-electron chi connectivity index (χ4n) is 2.62. The molecule has 3 rings (SSSR count). The van der Waals surface area contributed by atoms with Gasteiger partial charge in [-0.3, -0.25) is 9.59 Å². The number of benzene rings is 2. The van der Waals surface area contributed by atoms with Crippen molar-refractivity contribution in [3.63, 3.8) is 0 Å². The van der Waals surface area contributed by atoms with Crippen LogP contribution < -0.4 is 15.3 Å². The molecule has 0 aliphatic heterocycles. The molecule has 0 aliphatic carbocycles. The van der Waals surface area contributed by atoms with E-state index in [-0.39, 0.29) is 16.9 Å². The quantitative estimate of drug-likeness (QED) is 0.408. The lowest BCUT2D eigenvalue weighted by molar-refractivity contribution is -0.131. The maximum Gasteiger partial charge on any atom is 0.351 e. The van der Waals surface area contributed by atoms with Crippen LogP contribution in [0, 0.1) is 0 Å². The zero-order valence-corrected chi connectivity index (χ0v) is 14.6. The molecule has 1 aromatic heterocycles. The fraction of sp³-hybridized carbons (Fsp3) is 0.150. The Balaban J connectivity index is 2.30. The first-order chi connectivity index (χ1) is 12.4. The smallest absolute Gasteiger partial charge is 0.351 e. The summed E-state index contributed by atoms with van der Waals surface area (Å²) in [6, 6.07) is 13.4. The van der Waals surface area contributed by atoms with Crippen LogP contribution in [0.25, 0.3) is 11.0 Å². The van der Waals surface area contributed by atoms with Crippen molar-refractivity contribution in [3.8, 4) is 5.75 Å². The Bertz CT molecular complexity index is 1050. The molecule has 0 bridgehead atoms. The van der Waals surface area contributed by atoms with E-state index in [1.54, 1.807) is 48.5 Å². The van der Waals surface area contributed by atoms with Crippen LogP contribution in [0.2, 0.25) is 0 Å². The van der Waals surface area contributed by atoms with Gasteiger partial charge in [0, 0.05) is 38.3 Å². The molecule has 26 heavy (non-hydrogen) atoms. The van der Waals surface area contributed by atoms with Gasteiger partial charge in [0.15, 0.2) is 11.3 Å². The van der Waals surface area contributed by atoms with Gasteiger partial charge in [0.1, 0.15) is 5.58 Å². The van der Waals surface area contributed by atoms with Crippen LogP contribution in [0.15, 0.2) is 57.7 Å². The normalized spacial score (nSPS) is 10.6. The largest absolute Gasteiger partial charge is 0.425 e. The van der Waals surface area contributed by atoms with Crippen LogP contribution in [-0.4, -0.2) is 25.8 Å². The Kier molecular flexibility index (Phi) is 4.58. The van der Waals surface area contributed by atoms with Crippen molar-refractivity contribution in [2.45, 2.75) is 6.92 Å². The molecule has 0 atom stereocenters. The topological polar surface area (TPSA) is 76.8 Å². The monoisotopic (exact) mass is 351 g/mol. The summed E-state index contributed by atoms with van der Waals surface area (Å²) in [5, 5.41) is 0.379. The van der Waals surface area contributed by atoms with E-state index < -0.39 is 17.4 Å². The molecule has 3 aromatic rings. The van der Waals surface area contributed by atoms with Crippen molar-refractivity contribution >= 4 is 28.4 Å². The van der Waals surface area contributed by atoms with Crippen molar-refractivity contribution in [2.75, 3.05) is 19.0 Å².